The third-order valence-electron chi connectivity index (χ3n) is 4.30. The number of hydrogen-bond acceptors (Lipinski definition) is 2. The molecule has 0 atom stereocenters. The van der Waals surface area contributed by atoms with Crippen LogP contribution < -0.4 is 10.6 Å². The number of fused-ring (bicyclic) bond motifs is 1. The molecule has 1 aliphatic carbocycles. The van der Waals surface area contributed by atoms with E-state index >= 15 is 0 Å². The fourth-order valence-electron chi connectivity index (χ4n) is 3.33. The van der Waals surface area contributed by atoms with E-state index in [2.05, 4.69) is 17.0 Å². The van der Waals surface area contributed by atoms with Crippen molar-refractivity contribution in [3.8, 4) is 0 Å². The molecule has 0 unspecified atom stereocenters. The Balaban J connectivity index is 1.72. The van der Waals surface area contributed by atoms with Gasteiger partial charge in [0, 0.05) is 24.5 Å². The number of nitrogen functional groups attached to an aromatic ring is 1. The highest BCUT2D eigenvalue weighted by Gasteiger charge is 2.23. The fourth-order valence-corrected chi connectivity index (χ4v) is 3.33. The van der Waals surface area contributed by atoms with Crippen LogP contribution in [0.5, 0.6) is 0 Å². The van der Waals surface area contributed by atoms with Crippen molar-refractivity contribution >= 4 is 11.4 Å². The molecular formula is C15H22N2. The van der Waals surface area contributed by atoms with Crippen LogP contribution >= 0.6 is 0 Å². The smallest absolute Gasteiger partial charge is 0.0420 e. The highest BCUT2D eigenvalue weighted by molar-refractivity contribution is 5.64. The summed E-state index contributed by atoms with van der Waals surface area (Å²) in [5.74, 6) is 0.913. The molecule has 17 heavy (non-hydrogen) atoms. The minimum atomic E-state index is 0.902. The van der Waals surface area contributed by atoms with E-state index in [-0.39, 0.29) is 0 Å². The van der Waals surface area contributed by atoms with E-state index in [0.717, 1.165) is 11.6 Å². The van der Waals surface area contributed by atoms with Crippen molar-refractivity contribution in [2.45, 2.75) is 38.5 Å². The highest BCUT2D eigenvalue weighted by atomic mass is 15.1. The fraction of sp³-hybridized carbons (Fsp3) is 0.600. The van der Waals surface area contributed by atoms with Gasteiger partial charge in [-0.15, -0.1) is 0 Å². The second kappa shape index (κ2) is 4.59. The largest absolute Gasteiger partial charge is 0.399 e. The summed E-state index contributed by atoms with van der Waals surface area (Å²) in [5.41, 5.74) is 9.68. The lowest BCUT2D eigenvalue weighted by atomic mass is 9.89. The highest BCUT2D eigenvalue weighted by Crippen LogP contribution is 2.33. The van der Waals surface area contributed by atoms with Gasteiger partial charge in [-0.1, -0.05) is 25.3 Å². The molecule has 0 spiro atoms. The van der Waals surface area contributed by atoms with Crippen LogP contribution in [0.25, 0.3) is 0 Å². The maximum atomic E-state index is 5.90. The third kappa shape index (κ3) is 2.26. The lowest BCUT2D eigenvalue weighted by Gasteiger charge is -2.28. The third-order valence-corrected chi connectivity index (χ3v) is 4.30. The van der Waals surface area contributed by atoms with Gasteiger partial charge in [0.1, 0.15) is 0 Å². The molecule has 2 N–H and O–H groups in total. The van der Waals surface area contributed by atoms with E-state index in [9.17, 15) is 0 Å². The Morgan fingerprint density at radius 1 is 1.18 bits per heavy atom. The second-order valence-corrected chi connectivity index (χ2v) is 5.59. The van der Waals surface area contributed by atoms with Crippen LogP contribution in [-0.4, -0.2) is 13.1 Å². The van der Waals surface area contributed by atoms with Gasteiger partial charge in [-0.2, -0.15) is 0 Å². The molecule has 0 saturated heterocycles. The van der Waals surface area contributed by atoms with Crippen LogP contribution in [0.4, 0.5) is 11.4 Å². The summed E-state index contributed by atoms with van der Waals surface area (Å²) in [6, 6.07) is 6.39. The maximum Gasteiger partial charge on any atom is 0.0420 e. The quantitative estimate of drug-likeness (QED) is 0.790. The van der Waals surface area contributed by atoms with Crippen molar-refractivity contribution in [2.24, 2.45) is 5.92 Å². The van der Waals surface area contributed by atoms with E-state index in [4.69, 9.17) is 5.73 Å². The minimum Gasteiger partial charge on any atom is -0.399 e. The first-order valence-electron chi connectivity index (χ1n) is 6.96. The van der Waals surface area contributed by atoms with Crippen LogP contribution in [-0.2, 0) is 6.42 Å². The predicted molar refractivity (Wildman–Crippen MR) is 73.3 cm³/mol. The molecular weight excluding hydrogens is 208 g/mol. The zero-order chi connectivity index (χ0) is 11.7. The number of hydrogen-bond donors (Lipinski definition) is 1. The molecule has 1 saturated carbocycles. The van der Waals surface area contributed by atoms with Gasteiger partial charge in [-0.05, 0) is 42.9 Å². The van der Waals surface area contributed by atoms with Gasteiger partial charge in [0.25, 0.3) is 0 Å². The summed E-state index contributed by atoms with van der Waals surface area (Å²) in [7, 11) is 0. The van der Waals surface area contributed by atoms with Crippen LogP contribution in [0.15, 0.2) is 18.2 Å². The second-order valence-electron chi connectivity index (χ2n) is 5.59. The summed E-state index contributed by atoms with van der Waals surface area (Å²) in [5, 5.41) is 0. The zero-order valence-corrected chi connectivity index (χ0v) is 10.5. The van der Waals surface area contributed by atoms with Gasteiger partial charge in [-0.25, -0.2) is 0 Å². The van der Waals surface area contributed by atoms with E-state index < -0.39 is 0 Å². The molecule has 1 aromatic carbocycles. The van der Waals surface area contributed by atoms with Gasteiger partial charge in [0.2, 0.25) is 0 Å². The maximum absolute atomic E-state index is 5.90. The van der Waals surface area contributed by atoms with Gasteiger partial charge in [-0.3, -0.25) is 0 Å². The summed E-state index contributed by atoms with van der Waals surface area (Å²) >= 11 is 0. The van der Waals surface area contributed by atoms with E-state index in [0.29, 0.717) is 0 Å². The monoisotopic (exact) mass is 230 g/mol. The number of nitrogens with two attached hydrogens (primary N) is 1. The summed E-state index contributed by atoms with van der Waals surface area (Å²) < 4.78 is 0. The number of rotatable bonds is 2. The average molecular weight is 230 g/mol. The lowest BCUT2D eigenvalue weighted by molar-refractivity contribution is 0.360. The number of benzene rings is 1. The summed E-state index contributed by atoms with van der Waals surface area (Å²) in [6.45, 7) is 2.44. The van der Waals surface area contributed by atoms with Crippen molar-refractivity contribution in [3.63, 3.8) is 0 Å². The number of nitrogens with zero attached hydrogens (tertiary/aromatic N) is 1. The molecule has 1 aromatic rings. The Bertz CT molecular complexity index is 394. The Hall–Kier alpha value is -1.18. The molecule has 3 rings (SSSR count). The van der Waals surface area contributed by atoms with Crippen molar-refractivity contribution < 1.29 is 0 Å². The van der Waals surface area contributed by atoms with Gasteiger partial charge < -0.3 is 10.6 Å². The Labute approximate surface area is 104 Å². The molecule has 1 aliphatic heterocycles. The normalized spacial score (nSPS) is 20.6. The average Bonchev–Trinajstić information content (AvgIpc) is 2.73. The predicted octanol–water partition coefficient (Wildman–Crippen LogP) is 3.21. The van der Waals surface area contributed by atoms with Gasteiger partial charge in [0.05, 0.1) is 0 Å². The lowest BCUT2D eigenvalue weighted by Crippen LogP contribution is -2.28. The van der Waals surface area contributed by atoms with Crippen molar-refractivity contribution in [2.75, 3.05) is 23.7 Å². The summed E-state index contributed by atoms with van der Waals surface area (Å²) in [6.07, 6.45) is 8.36. The van der Waals surface area contributed by atoms with Crippen LogP contribution in [0.3, 0.4) is 0 Å². The first-order valence-corrected chi connectivity index (χ1v) is 6.96. The molecule has 2 nitrogen and oxygen atoms in total. The number of anilines is 2. The molecule has 2 heteroatoms. The summed E-state index contributed by atoms with van der Waals surface area (Å²) in [4.78, 5) is 2.56. The zero-order valence-electron chi connectivity index (χ0n) is 10.5. The topological polar surface area (TPSA) is 29.3 Å². The van der Waals surface area contributed by atoms with E-state index in [1.165, 1.54) is 62.9 Å². The van der Waals surface area contributed by atoms with Crippen molar-refractivity contribution in [3.05, 3.63) is 23.8 Å². The molecule has 0 radical (unpaired) electrons. The van der Waals surface area contributed by atoms with E-state index in [1.807, 2.05) is 6.07 Å². The molecule has 92 valence electrons. The van der Waals surface area contributed by atoms with E-state index in [1.54, 1.807) is 0 Å². The van der Waals surface area contributed by atoms with Gasteiger partial charge in [0.15, 0.2) is 0 Å². The Morgan fingerprint density at radius 2 is 2.00 bits per heavy atom. The van der Waals surface area contributed by atoms with Crippen LogP contribution in [0.2, 0.25) is 0 Å². The molecule has 0 bridgehead atoms. The van der Waals surface area contributed by atoms with Crippen LogP contribution in [0.1, 0.15) is 37.7 Å². The van der Waals surface area contributed by atoms with Gasteiger partial charge >= 0.3 is 0 Å². The molecule has 0 aromatic heterocycles. The van der Waals surface area contributed by atoms with Crippen LogP contribution in [0, 0.1) is 5.92 Å². The molecule has 2 aliphatic rings. The first kappa shape index (κ1) is 10.9. The SMILES string of the molecule is Nc1ccc2c(c1)N(CC1CCCCC1)CC2. The van der Waals surface area contributed by atoms with Crippen molar-refractivity contribution in [1.82, 2.24) is 0 Å². The molecule has 1 heterocycles. The first-order chi connectivity index (χ1) is 8.33. The molecule has 0 amide bonds. The Morgan fingerprint density at radius 3 is 2.82 bits per heavy atom. The van der Waals surface area contributed by atoms with Crippen molar-refractivity contribution in [1.29, 1.82) is 0 Å². The standard InChI is InChI=1S/C15H22N2/c16-14-7-6-13-8-9-17(15(13)10-14)11-12-4-2-1-3-5-12/h6-7,10,12H,1-5,8-9,11,16H2. The minimum absolute atomic E-state index is 0.902. The Kier molecular flexibility index (Phi) is 2.96. The molecule has 1 fully saturated rings.